The van der Waals surface area contributed by atoms with Gasteiger partial charge in [0.05, 0.1) is 11.0 Å². The van der Waals surface area contributed by atoms with E-state index in [4.69, 9.17) is 0 Å². The molecular formula is C26H15N3S. The van der Waals surface area contributed by atoms with Crippen molar-refractivity contribution in [2.75, 3.05) is 0 Å². The predicted octanol–water partition coefficient (Wildman–Crippen LogP) is 7.09. The minimum Gasteiger partial charge on any atom is -0.277 e. The van der Waals surface area contributed by atoms with Crippen LogP contribution in [0.5, 0.6) is 0 Å². The third-order valence-corrected chi connectivity index (χ3v) is 7.05. The lowest BCUT2D eigenvalue weighted by atomic mass is 10.0. The minimum absolute atomic E-state index is 0.704. The van der Waals surface area contributed by atoms with Gasteiger partial charge in [-0.05, 0) is 35.0 Å². The molecule has 0 saturated carbocycles. The molecule has 4 heteroatoms. The molecule has 0 spiro atoms. The molecule has 0 aliphatic heterocycles. The van der Waals surface area contributed by atoms with E-state index in [1.165, 1.54) is 47.2 Å². The lowest BCUT2D eigenvalue weighted by Crippen LogP contribution is -1.99. The van der Waals surface area contributed by atoms with Crippen molar-refractivity contribution in [3.63, 3.8) is 0 Å². The highest BCUT2D eigenvalue weighted by molar-refractivity contribution is 7.26. The highest BCUT2D eigenvalue weighted by atomic mass is 32.1. The first-order valence-corrected chi connectivity index (χ1v) is 10.8. The standard InChI is InChI=1S/C26H15N3S/c1-2-7-17-16(6-1)10-12-20-23(17)19-11-13-22-24(18-8-3-4-9-21(18)30-22)25(19)29(20)26-27-14-5-15-28-26/h1-15H. The largest absolute Gasteiger partial charge is 0.277 e. The number of hydrogen-bond donors (Lipinski definition) is 0. The van der Waals surface area contributed by atoms with Crippen molar-refractivity contribution in [3.8, 4) is 5.95 Å². The van der Waals surface area contributed by atoms with E-state index >= 15 is 0 Å². The van der Waals surface area contributed by atoms with Gasteiger partial charge in [-0.2, -0.15) is 0 Å². The fourth-order valence-corrected chi connectivity index (χ4v) is 5.81. The SMILES string of the molecule is c1cnc(-n2c3ccc4ccccc4c3c3ccc4sc5ccccc5c4c32)nc1. The first-order chi connectivity index (χ1) is 14.9. The Kier molecular flexibility index (Phi) is 3.15. The van der Waals surface area contributed by atoms with Crippen molar-refractivity contribution in [1.29, 1.82) is 0 Å². The average molecular weight is 401 g/mol. The Bertz CT molecular complexity index is 1740. The van der Waals surface area contributed by atoms with Crippen molar-refractivity contribution in [2.45, 2.75) is 0 Å². The van der Waals surface area contributed by atoms with E-state index in [-0.39, 0.29) is 0 Å². The molecule has 0 radical (unpaired) electrons. The van der Waals surface area contributed by atoms with E-state index in [9.17, 15) is 0 Å². The topological polar surface area (TPSA) is 30.7 Å². The van der Waals surface area contributed by atoms with Crippen molar-refractivity contribution < 1.29 is 0 Å². The van der Waals surface area contributed by atoms with E-state index in [0.29, 0.717) is 5.95 Å². The van der Waals surface area contributed by atoms with Crippen LogP contribution in [0.15, 0.2) is 91.3 Å². The van der Waals surface area contributed by atoms with Crippen molar-refractivity contribution in [1.82, 2.24) is 14.5 Å². The predicted molar refractivity (Wildman–Crippen MR) is 127 cm³/mol. The molecule has 4 aromatic carbocycles. The zero-order chi connectivity index (χ0) is 19.7. The zero-order valence-corrected chi connectivity index (χ0v) is 16.7. The smallest absolute Gasteiger partial charge is 0.234 e. The molecule has 3 aromatic heterocycles. The van der Waals surface area contributed by atoms with Crippen LogP contribution in [0, 0.1) is 0 Å². The van der Waals surface area contributed by atoms with E-state index in [1.807, 2.05) is 29.8 Å². The number of aromatic nitrogens is 3. The maximum Gasteiger partial charge on any atom is 0.234 e. The summed E-state index contributed by atoms with van der Waals surface area (Å²) in [6, 6.07) is 28.0. The quantitative estimate of drug-likeness (QED) is 0.294. The van der Waals surface area contributed by atoms with Crippen LogP contribution in [0.25, 0.3) is 58.7 Å². The Morgan fingerprint density at radius 3 is 2.30 bits per heavy atom. The second-order valence-electron chi connectivity index (χ2n) is 7.50. The molecule has 3 nitrogen and oxygen atoms in total. The summed E-state index contributed by atoms with van der Waals surface area (Å²) in [5.41, 5.74) is 2.32. The highest BCUT2D eigenvalue weighted by Crippen LogP contribution is 2.44. The molecule has 0 N–H and O–H groups in total. The lowest BCUT2D eigenvalue weighted by Gasteiger charge is -2.06. The molecule has 7 rings (SSSR count). The molecule has 0 fully saturated rings. The van der Waals surface area contributed by atoms with Crippen molar-refractivity contribution >= 4 is 64.1 Å². The zero-order valence-electron chi connectivity index (χ0n) is 15.9. The molecule has 0 aliphatic rings. The summed E-state index contributed by atoms with van der Waals surface area (Å²) in [4.78, 5) is 9.26. The fraction of sp³-hybridized carbons (Fsp3) is 0. The van der Waals surface area contributed by atoms with Gasteiger partial charge in [-0.25, -0.2) is 9.97 Å². The number of thiophene rings is 1. The molecule has 0 saturated heterocycles. The number of nitrogens with zero attached hydrogens (tertiary/aromatic N) is 3. The summed E-state index contributed by atoms with van der Waals surface area (Å²) in [5, 5.41) is 7.56. The van der Waals surface area contributed by atoms with Gasteiger partial charge < -0.3 is 0 Å². The van der Waals surface area contributed by atoms with E-state index in [1.54, 1.807) is 0 Å². The van der Waals surface area contributed by atoms with Crippen LogP contribution in [0.3, 0.4) is 0 Å². The van der Waals surface area contributed by atoms with Gasteiger partial charge in [-0.3, -0.25) is 4.57 Å². The number of hydrogen-bond acceptors (Lipinski definition) is 3. The van der Waals surface area contributed by atoms with Crippen LogP contribution in [0.4, 0.5) is 0 Å². The Morgan fingerprint density at radius 1 is 0.600 bits per heavy atom. The van der Waals surface area contributed by atoms with Crippen LogP contribution in [-0.4, -0.2) is 14.5 Å². The summed E-state index contributed by atoms with van der Waals surface area (Å²) >= 11 is 1.84. The number of benzene rings is 4. The van der Waals surface area contributed by atoms with Crippen LogP contribution in [0.1, 0.15) is 0 Å². The van der Waals surface area contributed by atoms with Gasteiger partial charge in [-0.15, -0.1) is 11.3 Å². The monoisotopic (exact) mass is 401 g/mol. The van der Waals surface area contributed by atoms with Gasteiger partial charge >= 0.3 is 0 Å². The molecular weight excluding hydrogens is 386 g/mol. The van der Waals surface area contributed by atoms with Gasteiger partial charge in [0.1, 0.15) is 0 Å². The summed E-state index contributed by atoms with van der Waals surface area (Å²) in [6.07, 6.45) is 3.62. The molecule has 0 bridgehead atoms. The van der Waals surface area contributed by atoms with Gasteiger partial charge in [-0.1, -0.05) is 54.6 Å². The minimum atomic E-state index is 0.704. The fourth-order valence-electron chi connectivity index (χ4n) is 4.70. The van der Waals surface area contributed by atoms with Crippen LogP contribution in [-0.2, 0) is 0 Å². The summed E-state index contributed by atoms with van der Waals surface area (Å²) < 4.78 is 4.82. The molecule has 140 valence electrons. The van der Waals surface area contributed by atoms with E-state index in [2.05, 4.69) is 87.3 Å². The second kappa shape index (κ2) is 5.88. The van der Waals surface area contributed by atoms with Gasteiger partial charge in [0.2, 0.25) is 5.95 Å². The molecule has 7 aromatic rings. The number of rotatable bonds is 1. The third kappa shape index (κ3) is 2.03. The third-order valence-electron chi connectivity index (χ3n) is 5.91. The Morgan fingerprint density at radius 2 is 1.40 bits per heavy atom. The Balaban J connectivity index is 1.84. The first-order valence-electron chi connectivity index (χ1n) is 9.94. The summed E-state index contributed by atoms with van der Waals surface area (Å²) in [6.45, 7) is 0. The Hall–Kier alpha value is -3.76. The second-order valence-corrected chi connectivity index (χ2v) is 8.58. The average Bonchev–Trinajstić information content (AvgIpc) is 3.35. The summed E-state index contributed by atoms with van der Waals surface area (Å²) in [5.74, 6) is 0.704. The number of fused-ring (bicyclic) bond motifs is 9. The van der Waals surface area contributed by atoms with E-state index < -0.39 is 0 Å². The van der Waals surface area contributed by atoms with Crippen LogP contribution < -0.4 is 0 Å². The normalized spacial score (nSPS) is 12.0. The molecule has 0 atom stereocenters. The van der Waals surface area contributed by atoms with Gasteiger partial charge in [0.15, 0.2) is 0 Å². The Labute approximate surface area is 175 Å². The van der Waals surface area contributed by atoms with Crippen molar-refractivity contribution in [3.05, 3.63) is 91.3 Å². The maximum absolute atomic E-state index is 4.63. The molecule has 0 amide bonds. The molecule has 0 unspecified atom stereocenters. The summed E-state index contributed by atoms with van der Waals surface area (Å²) in [7, 11) is 0. The van der Waals surface area contributed by atoms with Crippen LogP contribution >= 0.6 is 11.3 Å². The van der Waals surface area contributed by atoms with Crippen LogP contribution in [0.2, 0.25) is 0 Å². The van der Waals surface area contributed by atoms with E-state index in [0.717, 1.165) is 5.52 Å². The van der Waals surface area contributed by atoms with Crippen molar-refractivity contribution in [2.24, 2.45) is 0 Å². The molecule has 0 aliphatic carbocycles. The van der Waals surface area contributed by atoms with Gasteiger partial charge in [0, 0.05) is 43.3 Å². The first kappa shape index (κ1) is 16.1. The molecule has 30 heavy (non-hydrogen) atoms. The maximum atomic E-state index is 4.63. The highest BCUT2D eigenvalue weighted by Gasteiger charge is 2.20. The van der Waals surface area contributed by atoms with Gasteiger partial charge in [0.25, 0.3) is 0 Å². The lowest BCUT2D eigenvalue weighted by molar-refractivity contribution is 0.991. The molecule has 3 heterocycles.